The number of fused-ring (bicyclic) bond motifs is 1. The van der Waals surface area contributed by atoms with E-state index in [0.717, 1.165) is 30.0 Å². The Hall–Kier alpha value is -0.940. The number of piperidine rings is 1. The van der Waals surface area contributed by atoms with Crippen molar-refractivity contribution in [1.29, 1.82) is 0 Å². The van der Waals surface area contributed by atoms with Gasteiger partial charge in [0.1, 0.15) is 6.04 Å². The number of nitrogens with zero attached hydrogens (tertiary/aromatic N) is 2. The SMILES string of the molecule is Cc1nc(C(C)N2C(C(=O)O)CCC3CCCCC32)cs1. The molecular weight excluding hydrogens is 284 g/mol. The molecule has 0 radical (unpaired) electrons. The second kappa shape index (κ2) is 6.05. The average Bonchev–Trinajstić information content (AvgIpc) is 2.91. The molecule has 1 aromatic heterocycles. The lowest BCUT2D eigenvalue weighted by Crippen LogP contribution is -2.55. The maximum Gasteiger partial charge on any atom is 0.320 e. The molecule has 2 aliphatic rings. The van der Waals surface area contributed by atoms with Crippen molar-refractivity contribution in [1.82, 2.24) is 9.88 Å². The molecule has 0 spiro atoms. The summed E-state index contributed by atoms with van der Waals surface area (Å²) in [6, 6.07) is 0.175. The van der Waals surface area contributed by atoms with Gasteiger partial charge in [0.25, 0.3) is 0 Å². The van der Waals surface area contributed by atoms with E-state index < -0.39 is 5.97 Å². The zero-order chi connectivity index (χ0) is 15.0. The van der Waals surface area contributed by atoms with E-state index in [1.54, 1.807) is 11.3 Å². The maximum absolute atomic E-state index is 11.7. The van der Waals surface area contributed by atoms with Gasteiger partial charge in [-0.25, -0.2) is 4.98 Å². The summed E-state index contributed by atoms with van der Waals surface area (Å²) >= 11 is 1.65. The molecule has 1 saturated heterocycles. The number of hydrogen-bond donors (Lipinski definition) is 1. The van der Waals surface area contributed by atoms with Gasteiger partial charge in [-0.05, 0) is 45.4 Å². The van der Waals surface area contributed by atoms with E-state index in [-0.39, 0.29) is 12.1 Å². The van der Waals surface area contributed by atoms with Crippen LogP contribution in [0.4, 0.5) is 0 Å². The van der Waals surface area contributed by atoms with Crippen LogP contribution in [0.3, 0.4) is 0 Å². The molecule has 116 valence electrons. The van der Waals surface area contributed by atoms with Gasteiger partial charge in [0.2, 0.25) is 0 Å². The van der Waals surface area contributed by atoms with Crippen molar-refractivity contribution < 1.29 is 9.90 Å². The van der Waals surface area contributed by atoms with Crippen molar-refractivity contribution in [2.45, 2.75) is 70.5 Å². The van der Waals surface area contributed by atoms with Crippen LogP contribution in [-0.4, -0.2) is 33.0 Å². The summed E-state index contributed by atoms with van der Waals surface area (Å²) in [7, 11) is 0. The van der Waals surface area contributed by atoms with Gasteiger partial charge in [-0.15, -0.1) is 11.3 Å². The topological polar surface area (TPSA) is 53.4 Å². The third kappa shape index (κ3) is 2.86. The van der Waals surface area contributed by atoms with Crippen LogP contribution in [0.25, 0.3) is 0 Å². The molecule has 0 amide bonds. The van der Waals surface area contributed by atoms with Crippen LogP contribution in [0.2, 0.25) is 0 Å². The number of aliphatic carboxylic acids is 1. The average molecular weight is 308 g/mol. The number of likely N-dealkylation sites (tertiary alicyclic amines) is 1. The van der Waals surface area contributed by atoms with Crippen LogP contribution in [0.5, 0.6) is 0 Å². The third-order valence-electron chi connectivity index (χ3n) is 5.22. The van der Waals surface area contributed by atoms with Crippen molar-refractivity contribution in [2.75, 3.05) is 0 Å². The van der Waals surface area contributed by atoms with E-state index in [0.29, 0.717) is 12.0 Å². The number of carboxylic acids is 1. The lowest BCUT2D eigenvalue weighted by Gasteiger charge is -2.49. The molecule has 4 unspecified atom stereocenters. The summed E-state index contributed by atoms with van der Waals surface area (Å²) in [5, 5.41) is 12.8. The Balaban J connectivity index is 1.90. The van der Waals surface area contributed by atoms with Gasteiger partial charge in [0.05, 0.1) is 16.7 Å². The standard InChI is InChI=1S/C16H24N2O2S/c1-10(13-9-21-11(2)17-13)18-14-6-4-3-5-12(14)7-8-15(18)16(19)20/h9-10,12,14-15H,3-8H2,1-2H3,(H,19,20). The molecule has 0 bridgehead atoms. The molecule has 1 saturated carbocycles. The molecule has 4 nitrogen and oxygen atoms in total. The van der Waals surface area contributed by atoms with Crippen LogP contribution < -0.4 is 0 Å². The lowest BCUT2D eigenvalue weighted by atomic mass is 9.75. The zero-order valence-electron chi connectivity index (χ0n) is 12.8. The normalized spacial score (nSPS) is 31.6. The van der Waals surface area contributed by atoms with Gasteiger partial charge in [-0.1, -0.05) is 12.8 Å². The molecule has 4 atom stereocenters. The zero-order valence-corrected chi connectivity index (χ0v) is 13.6. The molecule has 2 fully saturated rings. The minimum atomic E-state index is -0.669. The summed E-state index contributed by atoms with van der Waals surface area (Å²) in [6.07, 6.45) is 6.78. The molecule has 1 N–H and O–H groups in total. The Labute approximate surface area is 130 Å². The molecule has 3 rings (SSSR count). The highest BCUT2D eigenvalue weighted by molar-refractivity contribution is 7.09. The fourth-order valence-electron chi connectivity index (χ4n) is 4.20. The first-order chi connectivity index (χ1) is 10.1. The molecule has 5 heteroatoms. The van der Waals surface area contributed by atoms with Gasteiger partial charge in [-0.3, -0.25) is 9.69 Å². The van der Waals surface area contributed by atoms with Crippen LogP contribution in [0, 0.1) is 12.8 Å². The number of thiazole rings is 1. The van der Waals surface area contributed by atoms with E-state index in [4.69, 9.17) is 0 Å². The Bertz CT molecular complexity index is 516. The van der Waals surface area contributed by atoms with Gasteiger partial charge in [0.15, 0.2) is 0 Å². The Morgan fingerprint density at radius 1 is 1.38 bits per heavy atom. The summed E-state index contributed by atoms with van der Waals surface area (Å²) in [6.45, 7) is 4.14. The highest BCUT2D eigenvalue weighted by Crippen LogP contribution is 2.42. The molecular formula is C16H24N2O2S. The van der Waals surface area contributed by atoms with Crippen LogP contribution in [-0.2, 0) is 4.79 Å². The van der Waals surface area contributed by atoms with Crippen LogP contribution >= 0.6 is 11.3 Å². The smallest absolute Gasteiger partial charge is 0.320 e. The first kappa shape index (κ1) is 15.0. The van der Waals surface area contributed by atoms with E-state index in [1.165, 1.54) is 19.3 Å². The van der Waals surface area contributed by atoms with Crippen LogP contribution in [0.1, 0.15) is 62.2 Å². The third-order valence-corrected chi connectivity index (χ3v) is 6.01. The first-order valence-corrected chi connectivity index (χ1v) is 8.88. The second-order valence-corrected chi connectivity index (χ2v) is 7.52. The van der Waals surface area contributed by atoms with E-state index in [9.17, 15) is 9.90 Å². The summed E-state index contributed by atoms with van der Waals surface area (Å²) in [5.41, 5.74) is 1.04. The molecule has 1 aliphatic carbocycles. The van der Waals surface area contributed by atoms with E-state index in [2.05, 4.69) is 22.2 Å². The predicted octanol–water partition coefficient (Wildman–Crippen LogP) is 3.62. The van der Waals surface area contributed by atoms with Crippen molar-refractivity contribution in [2.24, 2.45) is 5.92 Å². The lowest BCUT2D eigenvalue weighted by molar-refractivity contribution is -0.150. The molecule has 0 aromatic carbocycles. The summed E-state index contributed by atoms with van der Waals surface area (Å²) in [4.78, 5) is 18.6. The minimum absolute atomic E-state index is 0.0990. The predicted molar refractivity (Wildman–Crippen MR) is 83.5 cm³/mol. The Kier molecular flexibility index (Phi) is 4.31. The Morgan fingerprint density at radius 2 is 2.14 bits per heavy atom. The quantitative estimate of drug-likeness (QED) is 0.926. The first-order valence-electron chi connectivity index (χ1n) is 8.00. The number of rotatable bonds is 3. The summed E-state index contributed by atoms with van der Waals surface area (Å²) in [5.74, 6) is 0.00866. The minimum Gasteiger partial charge on any atom is -0.480 e. The highest BCUT2D eigenvalue weighted by atomic mass is 32.1. The summed E-state index contributed by atoms with van der Waals surface area (Å²) < 4.78 is 0. The number of hydrogen-bond acceptors (Lipinski definition) is 4. The van der Waals surface area contributed by atoms with Gasteiger partial charge >= 0.3 is 5.97 Å². The van der Waals surface area contributed by atoms with Crippen molar-refractivity contribution in [3.05, 3.63) is 16.1 Å². The monoisotopic (exact) mass is 308 g/mol. The molecule has 2 heterocycles. The number of carboxylic acid groups (broad SMARTS) is 1. The fourth-order valence-corrected chi connectivity index (χ4v) is 4.90. The fraction of sp³-hybridized carbons (Fsp3) is 0.750. The number of aryl methyl sites for hydroxylation is 1. The molecule has 1 aliphatic heterocycles. The van der Waals surface area contributed by atoms with E-state index in [1.807, 2.05) is 6.92 Å². The van der Waals surface area contributed by atoms with Crippen molar-refractivity contribution in [3.63, 3.8) is 0 Å². The van der Waals surface area contributed by atoms with Gasteiger partial charge in [0, 0.05) is 11.4 Å². The maximum atomic E-state index is 11.7. The van der Waals surface area contributed by atoms with Crippen LogP contribution in [0.15, 0.2) is 5.38 Å². The Morgan fingerprint density at radius 3 is 2.81 bits per heavy atom. The second-order valence-electron chi connectivity index (χ2n) is 6.46. The van der Waals surface area contributed by atoms with Gasteiger partial charge < -0.3 is 5.11 Å². The number of aromatic nitrogens is 1. The van der Waals surface area contributed by atoms with Gasteiger partial charge in [-0.2, -0.15) is 0 Å². The molecule has 1 aromatic rings. The molecule has 21 heavy (non-hydrogen) atoms. The highest BCUT2D eigenvalue weighted by Gasteiger charge is 2.44. The van der Waals surface area contributed by atoms with E-state index >= 15 is 0 Å². The number of carbonyl (C=O) groups is 1. The van der Waals surface area contributed by atoms with Crippen molar-refractivity contribution >= 4 is 17.3 Å². The largest absolute Gasteiger partial charge is 0.480 e. The van der Waals surface area contributed by atoms with Crippen molar-refractivity contribution in [3.8, 4) is 0 Å².